The number of esters is 1. The number of nitrogens with zero attached hydrogens (tertiary/aromatic N) is 2. The van der Waals surface area contributed by atoms with Crippen LogP contribution in [0.5, 0.6) is 0 Å². The monoisotopic (exact) mass is 441 g/mol. The minimum atomic E-state index is -0.522. The van der Waals surface area contributed by atoms with E-state index >= 15 is 0 Å². The first-order valence-corrected chi connectivity index (χ1v) is 11.1. The van der Waals surface area contributed by atoms with Crippen LogP contribution >= 0.6 is 11.3 Å². The molecule has 3 amide bonds. The van der Waals surface area contributed by atoms with Crippen LogP contribution in [-0.2, 0) is 20.7 Å². The van der Waals surface area contributed by atoms with E-state index in [4.69, 9.17) is 4.74 Å². The molecule has 3 rings (SSSR count). The molecule has 31 heavy (non-hydrogen) atoms. The van der Waals surface area contributed by atoms with Crippen molar-refractivity contribution in [2.75, 3.05) is 32.8 Å². The predicted octanol–water partition coefficient (Wildman–Crippen LogP) is 2.98. The van der Waals surface area contributed by atoms with Gasteiger partial charge >= 0.3 is 12.0 Å². The molecular weight excluding hydrogens is 414 g/mol. The summed E-state index contributed by atoms with van der Waals surface area (Å²) in [7, 11) is 0. The number of ether oxygens (including phenoxy) is 1. The summed E-state index contributed by atoms with van der Waals surface area (Å²) in [5.74, 6) is -0.676. The summed E-state index contributed by atoms with van der Waals surface area (Å²) in [6.07, 6.45) is 2.34. The maximum Gasteiger partial charge on any atom is 0.325 e. The van der Waals surface area contributed by atoms with Gasteiger partial charge in [0, 0.05) is 18.0 Å². The number of carbonyl (C=O) groups excluding carboxylic acids is 3. The highest BCUT2D eigenvalue weighted by Gasteiger charge is 2.33. The first-order valence-electron chi connectivity index (χ1n) is 10.2. The molecule has 0 spiro atoms. The Labute approximate surface area is 186 Å². The number of hydrogen-bond acceptors (Lipinski definition) is 5. The van der Waals surface area contributed by atoms with Gasteiger partial charge in [-0.1, -0.05) is 36.4 Å². The topological polar surface area (TPSA) is 79.0 Å². The maximum absolute atomic E-state index is 13.3. The molecule has 0 aliphatic carbocycles. The molecule has 1 aliphatic heterocycles. The van der Waals surface area contributed by atoms with Gasteiger partial charge in [0.2, 0.25) is 5.91 Å². The van der Waals surface area contributed by atoms with Gasteiger partial charge in [0.1, 0.15) is 13.1 Å². The number of hydrogen-bond donors (Lipinski definition) is 1. The Balaban J connectivity index is 1.75. The van der Waals surface area contributed by atoms with Crippen LogP contribution in [0.2, 0.25) is 0 Å². The Hall–Kier alpha value is -3.13. The molecule has 2 aromatic rings. The lowest BCUT2D eigenvalue weighted by Crippen LogP contribution is -2.49. The van der Waals surface area contributed by atoms with Crippen LogP contribution in [0.25, 0.3) is 0 Å². The fourth-order valence-electron chi connectivity index (χ4n) is 3.68. The van der Waals surface area contributed by atoms with Crippen molar-refractivity contribution in [2.24, 2.45) is 0 Å². The molecular formula is C23H27N3O4S. The number of nitrogens with one attached hydrogen (secondary N) is 1. The van der Waals surface area contributed by atoms with Crippen LogP contribution in [0.3, 0.4) is 0 Å². The van der Waals surface area contributed by atoms with Gasteiger partial charge in [-0.2, -0.15) is 0 Å². The van der Waals surface area contributed by atoms with Gasteiger partial charge in [0.15, 0.2) is 0 Å². The van der Waals surface area contributed by atoms with E-state index in [1.807, 2.05) is 35.2 Å². The molecule has 1 aromatic carbocycles. The average molecular weight is 442 g/mol. The van der Waals surface area contributed by atoms with E-state index in [1.54, 1.807) is 24.3 Å². The lowest BCUT2D eigenvalue weighted by Gasteiger charge is -2.37. The molecule has 164 valence electrons. The molecule has 0 bridgehead atoms. The van der Waals surface area contributed by atoms with Crippen molar-refractivity contribution in [1.82, 2.24) is 15.1 Å². The molecule has 0 radical (unpaired) electrons. The molecule has 0 saturated carbocycles. The highest BCUT2D eigenvalue weighted by molar-refractivity contribution is 7.10. The number of fused-ring (bicyclic) bond motifs is 1. The molecule has 1 N–H and O–H groups in total. The van der Waals surface area contributed by atoms with Gasteiger partial charge < -0.3 is 19.9 Å². The summed E-state index contributed by atoms with van der Waals surface area (Å²) in [5.41, 5.74) is 2.18. The smallest absolute Gasteiger partial charge is 0.325 e. The minimum Gasteiger partial charge on any atom is -0.465 e. The normalized spacial score (nSPS) is 15.0. The summed E-state index contributed by atoms with van der Waals surface area (Å²) >= 11 is 1.71. The van der Waals surface area contributed by atoms with Crippen molar-refractivity contribution in [3.8, 4) is 0 Å². The molecule has 0 fully saturated rings. The third kappa shape index (κ3) is 5.52. The Morgan fingerprint density at radius 3 is 2.77 bits per heavy atom. The van der Waals surface area contributed by atoms with Crippen LogP contribution in [0.4, 0.5) is 4.79 Å². The SMILES string of the molecule is C=CCN(CC(=O)N1CCc2sccc2C1c1ccccc1)C(=O)NCC(=O)OCC. The van der Waals surface area contributed by atoms with E-state index in [9.17, 15) is 14.4 Å². The summed E-state index contributed by atoms with van der Waals surface area (Å²) < 4.78 is 4.83. The largest absolute Gasteiger partial charge is 0.465 e. The lowest BCUT2D eigenvalue weighted by atomic mass is 9.93. The zero-order valence-electron chi connectivity index (χ0n) is 17.6. The number of benzene rings is 1. The molecule has 1 atom stereocenters. The van der Waals surface area contributed by atoms with Gasteiger partial charge in [-0.25, -0.2) is 4.79 Å². The van der Waals surface area contributed by atoms with Crippen molar-refractivity contribution >= 4 is 29.2 Å². The molecule has 1 unspecified atom stereocenters. The second-order valence-electron chi connectivity index (χ2n) is 7.08. The Morgan fingerprint density at radius 2 is 2.06 bits per heavy atom. The van der Waals surface area contributed by atoms with Crippen LogP contribution in [-0.4, -0.2) is 60.5 Å². The predicted molar refractivity (Wildman–Crippen MR) is 120 cm³/mol. The fourth-order valence-corrected chi connectivity index (χ4v) is 4.58. The van der Waals surface area contributed by atoms with Crippen LogP contribution in [0.15, 0.2) is 54.4 Å². The van der Waals surface area contributed by atoms with Crippen molar-refractivity contribution in [2.45, 2.75) is 19.4 Å². The minimum absolute atomic E-state index is 0.108. The van der Waals surface area contributed by atoms with Crippen molar-refractivity contribution in [1.29, 1.82) is 0 Å². The summed E-state index contributed by atoms with van der Waals surface area (Å²) in [6.45, 7) is 6.03. The first kappa shape index (κ1) is 22.6. The zero-order valence-corrected chi connectivity index (χ0v) is 18.4. The van der Waals surface area contributed by atoms with Gasteiger partial charge in [-0.05, 0) is 35.9 Å². The number of urea groups is 1. The molecule has 1 aliphatic rings. The molecule has 8 heteroatoms. The van der Waals surface area contributed by atoms with E-state index in [1.165, 1.54) is 9.78 Å². The van der Waals surface area contributed by atoms with Gasteiger partial charge in [0.05, 0.1) is 12.6 Å². The maximum atomic E-state index is 13.3. The van der Waals surface area contributed by atoms with Crippen LogP contribution < -0.4 is 5.32 Å². The average Bonchev–Trinajstić information content (AvgIpc) is 3.26. The van der Waals surface area contributed by atoms with Crippen molar-refractivity contribution in [3.05, 3.63) is 70.4 Å². The van der Waals surface area contributed by atoms with Crippen LogP contribution in [0, 0.1) is 0 Å². The Kier molecular flexibility index (Phi) is 7.83. The van der Waals surface area contributed by atoms with E-state index in [0.717, 1.165) is 17.5 Å². The molecule has 7 nitrogen and oxygen atoms in total. The highest BCUT2D eigenvalue weighted by Crippen LogP contribution is 2.37. The van der Waals surface area contributed by atoms with E-state index in [0.29, 0.717) is 6.54 Å². The Bertz CT molecular complexity index is 928. The third-order valence-electron chi connectivity index (χ3n) is 5.05. The lowest BCUT2D eigenvalue weighted by molar-refractivity contribution is -0.141. The standard InChI is InChI=1S/C23H27N3O4S/c1-3-12-25(23(29)24-15-21(28)30-4-2)16-20(27)26-13-10-19-18(11-14-31-19)22(26)17-8-6-5-7-9-17/h3,5-9,11,14,22H,1,4,10,12-13,15-16H2,2H3,(H,24,29). The second kappa shape index (κ2) is 10.8. The number of thiophene rings is 1. The van der Waals surface area contributed by atoms with Crippen molar-refractivity contribution in [3.63, 3.8) is 0 Å². The van der Waals surface area contributed by atoms with E-state index in [2.05, 4.69) is 23.3 Å². The summed E-state index contributed by atoms with van der Waals surface area (Å²) in [5, 5.41) is 4.57. The molecule has 1 aromatic heterocycles. The van der Waals surface area contributed by atoms with Gasteiger partial charge in [0.25, 0.3) is 0 Å². The fraction of sp³-hybridized carbons (Fsp3) is 0.348. The van der Waals surface area contributed by atoms with Crippen LogP contribution in [0.1, 0.15) is 29.0 Å². The summed E-state index contributed by atoms with van der Waals surface area (Å²) in [4.78, 5) is 41.9. The highest BCUT2D eigenvalue weighted by atomic mass is 32.1. The zero-order chi connectivity index (χ0) is 22.2. The molecule has 2 heterocycles. The van der Waals surface area contributed by atoms with Gasteiger partial charge in [-0.3, -0.25) is 9.59 Å². The quantitative estimate of drug-likeness (QED) is 0.505. The summed E-state index contributed by atoms with van der Waals surface area (Å²) in [6, 6.07) is 11.3. The molecule has 0 saturated heterocycles. The Morgan fingerprint density at radius 1 is 1.29 bits per heavy atom. The first-order chi connectivity index (χ1) is 15.0. The number of amides is 3. The van der Waals surface area contributed by atoms with E-state index in [-0.39, 0.29) is 38.2 Å². The van der Waals surface area contributed by atoms with Gasteiger partial charge in [-0.15, -0.1) is 17.9 Å². The second-order valence-corrected chi connectivity index (χ2v) is 8.08. The van der Waals surface area contributed by atoms with E-state index < -0.39 is 12.0 Å². The third-order valence-corrected chi connectivity index (χ3v) is 6.05. The number of carbonyl (C=O) groups is 3. The van der Waals surface area contributed by atoms with Crippen molar-refractivity contribution < 1.29 is 19.1 Å². The number of rotatable bonds is 8.